The Balaban J connectivity index is 2.34. The van der Waals surface area contributed by atoms with Gasteiger partial charge in [-0.25, -0.2) is 9.78 Å². The number of hydrogen-bond donors (Lipinski definition) is 4. The molecule has 0 unspecified atom stereocenters. The van der Waals surface area contributed by atoms with Crippen LogP contribution in [0.5, 0.6) is 5.75 Å². The first kappa shape index (κ1) is 14.6. The molecule has 9 heteroatoms. The van der Waals surface area contributed by atoms with Gasteiger partial charge in [0.25, 0.3) is 5.56 Å². The molecule has 120 valence electrons. The molecular weight excluding hydrogens is 378 g/mol. The number of phenolic OH excluding ortho intramolecular Hbond substituents is 1. The lowest BCUT2D eigenvalue weighted by Crippen LogP contribution is -2.23. The second-order valence-electron chi connectivity index (χ2n) is 5.33. The summed E-state index contributed by atoms with van der Waals surface area (Å²) in [5.41, 5.74) is 0.794. The first-order chi connectivity index (χ1) is 11.5. The van der Waals surface area contributed by atoms with E-state index < -0.39 is 11.2 Å². The maximum atomic E-state index is 12.4. The molecule has 0 atom stereocenters. The van der Waals surface area contributed by atoms with Gasteiger partial charge in [0.2, 0.25) is 0 Å². The van der Waals surface area contributed by atoms with Gasteiger partial charge in [-0.05, 0) is 25.1 Å². The fourth-order valence-corrected chi connectivity index (χ4v) is 3.16. The summed E-state index contributed by atoms with van der Waals surface area (Å²) in [5, 5.41) is 18.0. The number of H-pyrrole nitrogens is 3. The maximum Gasteiger partial charge on any atom is 0.327 e. The highest BCUT2D eigenvalue weighted by atomic mass is 79.9. The van der Waals surface area contributed by atoms with Crippen LogP contribution in [-0.2, 0) is 0 Å². The topological polar surface area (TPSA) is 128 Å². The summed E-state index contributed by atoms with van der Waals surface area (Å²) in [4.78, 5) is 33.0. The number of aromatic amines is 3. The van der Waals surface area contributed by atoms with Crippen molar-refractivity contribution in [2.45, 2.75) is 6.92 Å². The monoisotopic (exact) mass is 387 g/mol. The first-order valence-electron chi connectivity index (χ1n) is 6.95. The summed E-state index contributed by atoms with van der Waals surface area (Å²) in [6.07, 6.45) is 0. The number of halogens is 1. The predicted octanol–water partition coefficient (Wildman–Crippen LogP) is 1.93. The van der Waals surface area contributed by atoms with E-state index >= 15 is 0 Å². The molecule has 0 aliphatic rings. The van der Waals surface area contributed by atoms with Crippen LogP contribution < -0.4 is 11.2 Å². The highest BCUT2D eigenvalue weighted by Crippen LogP contribution is 2.39. The Bertz CT molecular complexity index is 1240. The van der Waals surface area contributed by atoms with Gasteiger partial charge in [-0.1, -0.05) is 15.9 Å². The standard InChI is InChI=1S/C15H10BrN5O3/c1-5-9-10(7-4-6(16)2-3-8(7)22)11-12(17-13(9)21-20-5)18-15(24)19-14(11)23/h2-4,22H,1H3,(H3,17,18,19,20,21,23,24). The smallest absolute Gasteiger partial charge is 0.327 e. The minimum atomic E-state index is -0.656. The molecular formula is C15H10BrN5O3. The van der Waals surface area contributed by atoms with Crippen molar-refractivity contribution in [1.82, 2.24) is 25.1 Å². The summed E-state index contributed by atoms with van der Waals surface area (Å²) < 4.78 is 0.732. The Morgan fingerprint density at radius 2 is 1.96 bits per heavy atom. The second kappa shape index (κ2) is 5.03. The van der Waals surface area contributed by atoms with Crippen molar-refractivity contribution in [2.24, 2.45) is 0 Å². The minimum absolute atomic E-state index is 0.00167. The molecule has 0 fully saturated rings. The molecule has 0 radical (unpaired) electrons. The SMILES string of the molecule is Cc1[nH]nc2nc3[nH]c(=O)[nH]c(=O)c3c(-c3cc(Br)ccc3O)c12. The van der Waals surface area contributed by atoms with Crippen LogP contribution in [0.2, 0.25) is 0 Å². The van der Waals surface area contributed by atoms with E-state index in [2.05, 4.69) is 41.1 Å². The molecule has 8 nitrogen and oxygen atoms in total. The van der Waals surface area contributed by atoms with Gasteiger partial charge in [-0.2, -0.15) is 5.10 Å². The van der Waals surface area contributed by atoms with Gasteiger partial charge in [0.1, 0.15) is 11.4 Å². The van der Waals surface area contributed by atoms with Crippen LogP contribution >= 0.6 is 15.9 Å². The lowest BCUT2D eigenvalue weighted by atomic mass is 9.98. The van der Waals surface area contributed by atoms with Crippen LogP contribution in [0, 0.1) is 6.92 Å². The Morgan fingerprint density at radius 3 is 2.75 bits per heavy atom. The molecule has 0 bridgehead atoms. The number of nitrogens with zero attached hydrogens (tertiary/aromatic N) is 2. The van der Waals surface area contributed by atoms with Crippen molar-refractivity contribution >= 4 is 38.0 Å². The van der Waals surface area contributed by atoms with Crippen LogP contribution in [0.15, 0.2) is 32.3 Å². The average molecular weight is 388 g/mol. The van der Waals surface area contributed by atoms with Gasteiger partial charge in [-0.3, -0.25) is 19.9 Å². The van der Waals surface area contributed by atoms with Crippen LogP contribution in [0.4, 0.5) is 0 Å². The number of phenols is 1. The predicted molar refractivity (Wildman–Crippen MR) is 92.2 cm³/mol. The van der Waals surface area contributed by atoms with E-state index in [1.807, 2.05) is 0 Å². The van der Waals surface area contributed by atoms with Gasteiger partial charge < -0.3 is 5.11 Å². The number of nitrogens with one attached hydrogen (secondary N) is 3. The summed E-state index contributed by atoms with van der Waals surface area (Å²) in [5.74, 6) is -0.00167. The van der Waals surface area contributed by atoms with E-state index in [1.165, 1.54) is 6.07 Å². The molecule has 4 aromatic rings. The number of rotatable bonds is 1. The van der Waals surface area contributed by atoms with Crippen molar-refractivity contribution in [1.29, 1.82) is 0 Å². The largest absolute Gasteiger partial charge is 0.507 e. The molecule has 0 aliphatic carbocycles. The summed E-state index contributed by atoms with van der Waals surface area (Å²) in [7, 11) is 0. The summed E-state index contributed by atoms with van der Waals surface area (Å²) in [6.45, 7) is 1.79. The van der Waals surface area contributed by atoms with E-state index in [0.717, 1.165) is 4.47 Å². The lowest BCUT2D eigenvalue weighted by molar-refractivity contribution is 0.477. The molecule has 0 aliphatic heterocycles. The van der Waals surface area contributed by atoms with Crippen molar-refractivity contribution in [3.63, 3.8) is 0 Å². The molecule has 0 amide bonds. The van der Waals surface area contributed by atoms with Crippen LogP contribution in [0.25, 0.3) is 33.2 Å². The normalized spacial score (nSPS) is 11.4. The summed E-state index contributed by atoms with van der Waals surface area (Å²) >= 11 is 3.37. The Morgan fingerprint density at radius 1 is 1.17 bits per heavy atom. The van der Waals surface area contributed by atoms with Crippen molar-refractivity contribution < 1.29 is 5.11 Å². The van der Waals surface area contributed by atoms with Crippen LogP contribution in [-0.4, -0.2) is 30.3 Å². The van der Waals surface area contributed by atoms with Gasteiger partial charge in [0, 0.05) is 21.3 Å². The number of hydrogen-bond acceptors (Lipinski definition) is 5. The third-order valence-electron chi connectivity index (χ3n) is 3.80. The van der Waals surface area contributed by atoms with Crippen LogP contribution in [0.1, 0.15) is 5.69 Å². The minimum Gasteiger partial charge on any atom is -0.507 e. The molecule has 0 saturated heterocycles. The van der Waals surface area contributed by atoms with E-state index in [9.17, 15) is 14.7 Å². The number of benzene rings is 1. The van der Waals surface area contributed by atoms with E-state index in [-0.39, 0.29) is 16.8 Å². The Hall–Kier alpha value is -2.94. The third kappa shape index (κ3) is 2.05. The van der Waals surface area contributed by atoms with Gasteiger partial charge >= 0.3 is 5.69 Å². The second-order valence-corrected chi connectivity index (χ2v) is 6.24. The van der Waals surface area contributed by atoms with Crippen LogP contribution in [0.3, 0.4) is 0 Å². The zero-order valence-corrected chi connectivity index (χ0v) is 13.9. The number of aromatic nitrogens is 5. The van der Waals surface area contributed by atoms with E-state index in [1.54, 1.807) is 19.1 Å². The average Bonchev–Trinajstić information content (AvgIpc) is 2.88. The Labute approximate surface area is 141 Å². The molecule has 0 spiro atoms. The fraction of sp³-hybridized carbons (Fsp3) is 0.0667. The molecule has 24 heavy (non-hydrogen) atoms. The highest BCUT2D eigenvalue weighted by molar-refractivity contribution is 9.10. The lowest BCUT2D eigenvalue weighted by Gasteiger charge is -2.10. The molecule has 4 N–H and O–H groups in total. The number of aromatic hydroxyl groups is 1. The third-order valence-corrected chi connectivity index (χ3v) is 4.29. The van der Waals surface area contributed by atoms with E-state index in [0.29, 0.717) is 27.9 Å². The van der Waals surface area contributed by atoms with Crippen molar-refractivity contribution in [3.8, 4) is 16.9 Å². The van der Waals surface area contributed by atoms with Gasteiger partial charge in [-0.15, -0.1) is 0 Å². The summed E-state index contributed by atoms with van der Waals surface area (Å²) in [6, 6.07) is 4.90. The number of pyridine rings is 1. The highest BCUT2D eigenvalue weighted by Gasteiger charge is 2.20. The number of aryl methyl sites for hydroxylation is 1. The fourth-order valence-electron chi connectivity index (χ4n) is 2.80. The maximum absolute atomic E-state index is 12.4. The number of fused-ring (bicyclic) bond motifs is 2. The molecule has 3 heterocycles. The Kier molecular flexibility index (Phi) is 3.07. The van der Waals surface area contributed by atoms with Crippen molar-refractivity contribution in [2.75, 3.05) is 0 Å². The van der Waals surface area contributed by atoms with Crippen molar-refractivity contribution in [3.05, 3.63) is 49.2 Å². The molecule has 0 saturated carbocycles. The van der Waals surface area contributed by atoms with Gasteiger partial charge in [0.05, 0.1) is 10.8 Å². The zero-order valence-electron chi connectivity index (χ0n) is 12.3. The quantitative estimate of drug-likeness (QED) is 0.396. The molecule has 3 aromatic heterocycles. The van der Waals surface area contributed by atoms with E-state index in [4.69, 9.17) is 0 Å². The first-order valence-corrected chi connectivity index (χ1v) is 7.75. The molecule has 1 aromatic carbocycles. The van der Waals surface area contributed by atoms with Gasteiger partial charge in [0.15, 0.2) is 5.65 Å². The molecule has 4 rings (SSSR count). The zero-order chi connectivity index (χ0) is 17.0.